The summed E-state index contributed by atoms with van der Waals surface area (Å²) >= 11 is 2.83. The number of benzene rings is 1. The van der Waals surface area contributed by atoms with Crippen LogP contribution in [0.4, 0.5) is 13.2 Å². The number of halogens is 4. The van der Waals surface area contributed by atoms with E-state index in [1.807, 2.05) is 0 Å². The zero-order valence-electron chi connectivity index (χ0n) is 6.64. The molecule has 7 heteroatoms. The van der Waals surface area contributed by atoms with E-state index >= 15 is 0 Å². The fourth-order valence-corrected chi connectivity index (χ4v) is 2.63. The lowest BCUT2D eigenvalue weighted by Crippen LogP contribution is -2.22. The van der Waals surface area contributed by atoms with Crippen LogP contribution in [0.25, 0.3) is 0 Å². The van der Waals surface area contributed by atoms with Gasteiger partial charge in [0.2, 0.25) is 0 Å². The van der Waals surface area contributed by atoms with E-state index < -0.39 is 20.1 Å². The van der Waals surface area contributed by atoms with Crippen molar-refractivity contribution in [2.24, 2.45) is 0 Å². The molecule has 78 valence electrons. The maximum atomic E-state index is 12.2. The zero-order valence-corrected chi connectivity index (χ0v) is 9.04. The van der Waals surface area contributed by atoms with Crippen molar-refractivity contribution in [1.29, 1.82) is 4.78 Å². The summed E-state index contributed by atoms with van der Waals surface area (Å²) in [5.41, 5.74) is -5.04. The van der Waals surface area contributed by atoms with Crippen molar-refractivity contribution >= 4 is 25.7 Å². The van der Waals surface area contributed by atoms with Gasteiger partial charge in [-0.25, -0.2) is 8.99 Å². The highest BCUT2D eigenvalue weighted by molar-refractivity contribution is 9.10. The normalized spacial score (nSPS) is 16.3. The third-order valence-corrected chi connectivity index (χ3v) is 4.05. The molecule has 0 heterocycles. The average molecular weight is 288 g/mol. The molecule has 14 heavy (non-hydrogen) atoms. The minimum atomic E-state index is -5.04. The number of hydrogen-bond acceptors (Lipinski definition) is 2. The Labute approximate surface area is 87.2 Å². The fraction of sp³-hybridized carbons (Fsp3) is 0.143. The molecule has 0 spiro atoms. The second kappa shape index (κ2) is 3.54. The van der Waals surface area contributed by atoms with Crippen LogP contribution in [0, 0.1) is 4.78 Å². The predicted octanol–water partition coefficient (Wildman–Crippen LogP) is 3.37. The van der Waals surface area contributed by atoms with Crippen molar-refractivity contribution in [2.45, 2.75) is 10.4 Å². The lowest BCUT2D eigenvalue weighted by atomic mass is 10.4. The Morgan fingerprint density at radius 3 is 2.21 bits per heavy atom. The Hall–Kier alpha value is -0.560. The van der Waals surface area contributed by atoms with Crippen LogP contribution in [0.2, 0.25) is 0 Å². The number of nitrogens with one attached hydrogen (secondary N) is 1. The highest BCUT2D eigenvalue weighted by Crippen LogP contribution is 2.34. The van der Waals surface area contributed by atoms with Crippen molar-refractivity contribution in [1.82, 2.24) is 0 Å². The molecule has 0 saturated carbocycles. The molecule has 2 nitrogen and oxygen atoms in total. The van der Waals surface area contributed by atoms with E-state index in [0.29, 0.717) is 0 Å². The summed E-state index contributed by atoms with van der Waals surface area (Å²) in [6.45, 7) is 0. The fourth-order valence-electron chi connectivity index (χ4n) is 0.803. The van der Waals surface area contributed by atoms with Gasteiger partial charge in [0.05, 0.1) is 4.90 Å². The van der Waals surface area contributed by atoms with Crippen LogP contribution in [0.5, 0.6) is 0 Å². The molecular weight excluding hydrogens is 283 g/mol. The van der Waals surface area contributed by atoms with Crippen molar-refractivity contribution < 1.29 is 17.4 Å². The smallest absolute Gasteiger partial charge is 0.241 e. The zero-order chi connectivity index (χ0) is 11.0. The molecule has 0 aliphatic heterocycles. The molecular formula is C7H5BrF3NOS. The van der Waals surface area contributed by atoms with Gasteiger partial charge >= 0.3 is 5.51 Å². The van der Waals surface area contributed by atoms with E-state index in [0.717, 1.165) is 6.07 Å². The number of rotatable bonds is 1. The molecule has 1 atom stereocenters. The van der Waals surface area contributed by atoms with Gasteiger partial charge in [0.15, 0.2) is 9.73 Å². The van der Waals surface area contributed by atoms with Crippen LogP contribution in [0.1, 0.15) is 0 Å². The summed E-state index contributed by atoms with van der Waals surface area (Å²) in [5, 5.41) is 0. The quantitative estimate of drug-likeness (QED) is 0.845. The first-order chi connectivity index (χ1) is 6.27. The molecule has 1 unspecified atom stereocenters. The first-order valence-corrected chi connectivity index (χ1v) is 5.71. The van der Waals surface area contributed by atoms with Gasteiger partial charge in [-0.3, -0.25) is 0 Å². The van der Waals surface area contributed by atoms with Crippen LogP contribution < -0.4 is 0 Å². The second-order valence-electron chi connectivity index (χ2n) is 2.43. The van der Waals surface area contributed by atoms with Gasteiger partial charge < -0.3 is 0 Å². The largest absolute Gasteiger partial charge is 0.483 e. The Balaban J connectivity index is 3.40. The molecule has 0 aromatic heterocycles. The van der Waals surface area contributed by atoms with Gasteiger partial charge in [-0.15, -0.1) is 0 Å². The third kappa shape index (κ3) is 1.93. The van der Waals surface area contributed by atoms with Crippen LogP contribution in [-0.2, 0) is 9.73 Å². The van der Waals surface area contributed by atoms with Crippen molar-refractivity contribution in [2.75, 3.05) is 0 Å². The van der Waals surface area contributed by atoms with Gasteiger partial charge in [0, 0.05) is 4.47 Å². The first kappa shape index (κ1) is 11.5. The molecule has 1 aromatic rings. The van der Waals surface area contributed by atoms with Crippen LogP contribution in [0.3, 0.4) is 0 Å². The van der Waals surface area contributed by atoms with Crippen LogP contribution >= 0.6 is 15.9 Å². The lowest BCUT2D eigenvalue weighted by molar-refractivity contribution is -0.0407. The van der Waals surface area contributed by atoms with Crippen LogP contribution in [-0.4, -0.2) is 9.72 Å². The molecule has 0 aliphatic rings. The number of hydrogen-bond donors (Lipinski definition) is 1. The average Bonchev–Trinajstić information content (AvgIpc) is 2.02. The molecule has 0 bridgehead atoms. The van der Waals surface area contributed by atoms with Crippen molar-refractivity contribution in [3.8, 4) is 0 Å². The summed E-state index contributed by atoms with van der Waals surface area (Å²) in [6, 6.07) is 5.13. The van der Waals surface area contributed by atoms with E-state index in [9.17, 15) is 17.4 Å². The minimum absolute atomic E-state index is 0.0253. The highest BCUT2D eigenvalue weighted by Gasteiger charge is 2.43. The van der Waals surface area contributed by atoms with Gasteiger partial charge in [-0.2, -0.15) is 13.2 Å². The van der Waals surface area contributed by atoms with Gasteiger partial charge in [0.25, 0.3) is 0 Å². The summed E-state index contributed by atoms with van der Waals surface area (Å²) in [6.07, 6.45) is 0. The van der Waals surface area contributed by atoms with E-state index in [1.54, 1.807) is 0 Å². The molecule has 0 amide bonds. The molecule has 1 rings (SSSR count). The molecule has 0 saturated heterocycles. The predicted molar refractivity (Wildman–Crippen MR) is 49.3 cm³/mol. The Morgan fingerprint density at radius 2 is 1.79 bits per heavy atom. The molecule has 0 fully saturated rings. The second-order valence-corrected chi connectivity index (χ2v) is 5.30. The molecule has 1 aromatic carbocycles. The maximum Gasteiger partial charge on any atom is 0.483 e. The summed E-state index contributed by atoms with van der Waals surface area (Å²) in [4.78, 5) is -0.549. The van der Waals surface area contributed by atoms with E-state index in [-0.39, 0.29) is 4.47 Å². The monoisotopic (exact) mass is 287 g/mol. The maximum absolute atomic E-state index is 12.2. The van der Waals surface area contributed by atoms with Crippen molar-refractivity contribution in [3.05, 3.63) is 28.7 Å². The third-order valence-electron chi connectivity index (χ3n) is 1.47. The van der Waals surface area contributed by atoms with E-state index in [1.165, 1.54) is 18.2 Å². The van der Waals surface area contributed by atoms with Gasteiger partial charge in [0.1, 0.15) is 0 Å². The van der Waals surface area contributed by atoms with E-state index in [2.05, 4.69) is 15.9 Å². The Kier molecular flexibility index (Phi) is 2.91. The summed E-state index contributed by atoms with van der Waals surface area (Å²) in [7, 11) is -4.75. The van der Waals surface area contributed by atoms with Crippen LogP contribution in [0.15, 0.2) is 33.6 Å². The Bertz CT molecular complexity index is 440. The first-order valence-electron chi connectivity index (χ1n) is 3.36. The molecule has 1 N–H and O–H groups in total. The van der Waals surface area contributed by atoms with Crippen molar-refractivity contribution in [3.63, 3.8) is 0 Å². The van der Waals surface area contributed by atoms with E-state index in [4.69, 9.17) is 4.78 Å². The summed E-state index contributed by atoms with van der Waals surface area (Å²) in [5.74, 6) is 0. The standard InChI is InChI=1S/C7H5BrF3NOS/c8-5-3-1-2-4-6(5)14(12,13)7(9,10)11/h1-4,12H. The Morgan fingerprint density at radius 1 is 1.29 bits per heavy atom. The molecule has 0 aliphatic carbocycles. The highest BCUT2D eigenvalue weighted by atomic mass is 79.9. The molecule has 0 radical (unpaired) electrons. The number of alkyl halides is 3. The minimum Gasteiger partial charge on any atom is -0.241 e. The van der Waals surface area contributed by atoms with Gasteiger partial charge in [-0.05, 0) is 28.1 Å². The SMILES string of the molecule is N=S(=O)(c1ccccc1Br)C(F)(F)F. The van der Waals surface area contributed by atoms with Gasteiger partial charge in [-0.1, -0.05) is 12.1 Å². The summed E-state index contributed by atoms with van der Waals surface area (Å²) < 4.78 is 54.6. The lowest BCUT2D eigenvalue weighted by Gasteiger charge is -2.12. The topological polar surface area (TPSA) is 40.9 Å².